The van der Waals surface area contributed by atoms with Gasteiger partial charge in [0.15, 0.2) is 0 Å². The first-order chi connectivity index (χ1) is 14.1. The van der Waals surface area contributed by atoms with Gasteiger partial charge in [0.2, 0.25) is 0 Å². The van der Waals surface area contributed by atoms with E-state index in [-0.39, 0.29) is 17.5 Å². The van der Waals surface area contributed by atoms with E-state index in [1.165, 1.54) is 23.8 Å². The summed E-state index contributed by atoms with van der Waals surface area (Å²) in [7, 11) is 4.94. The zero-order valence-electron chi connectivity index (χ0n) is 17.4. The van der Waals surface area contributed by atoms with Crippen LogP contribution in [0.3, 0.4) is 0 Å². The molecule has 1 saturated heterocycles. The molecule has 1 spiro atoms. The van der Waals surface area contributed by atoms with Gasteiger partial charge in [-0.15, -0.1) is 0 Å². The normalized spacial score (nSPS) is 25.6. The van der Waals surface area contributed by atoms with E-state index in [1.807, 2.05) is 37.4 Å². The molecule has 154 valence electrons. The second-order valence-electron chi connectivity index (χ2n) is 8.22. The molecule has 1 fully saturated rings. The maximum Gasteiger partial charge on any atom is 0.337 e. The van der Waals surface area contributed by atoms with Crippen molar-refractivity contribution in [2.24, 2.45) is 5.41 Å². The topological polar surface area (TPSA) is 56.8 Å². The summed E-state index contributed by atoms with van der Waals surface area (Å²) in [5.74, 6) is 0.590. The molecule has 1 heterocycles. The largest absolute Gasteiger partial charge is 0.497 e. The fourth-order valence-electron chi connectivity index (χ4n) is 5.20. The number of carbonyl (C=O) groups is 1. The zero-order chi connectivity index (χ0) is 20.4. The maximum atomic E-state index is 11.6. The number of esters is 1. The lowest BCUT2D eigenvalue weighted by Gasteiger charge is -2.42. The fraction of sp³-hybridized carbons (Fsp3) is 0.458. The predicted molar refractivity (Wildman–Crippen MR) is 111 cm³/mol. The van der Waals surface area contributed by atoms with Crippen molar-refractivity contribution >= 4 is 5.97 Å². The predicted octanol–water partition coefficient (Wildman–Crippen LogP) is 3.71. The summed E-state index contributed by atoms with van der Waals surface area (Å²) in [6.45, 7) is 0.982. The van der Waals surface area contributed by atoms with Crippen LogP contribution in [0, 0.1) is 5.41 Å². The minimum atomic E-state index is -0.298. The summed E-state index contributed by atoms with van der Waals surface area (Å²) in [4.78, 5) is 11.6. The van der Waals surface area contributed by atoms with Crippen molar-refractivity contribution in [3.8, 4) is 5.75 Å². The highest BCUT2D eigenvalue weighted by Gasteiger charge is 2.49. The maximum absolute atomic E-state index is 11.6. The van der Waals surface area contributed by atoms with Gasteiger partial charge in [-0.3, -0.25) is 0 Å². The van der Waals surface area contributed by atoms with Crippen molar-refractivity contribution in [2.75, 3.05) is 27.9 Å². The summed E-state index contributed by atoms with van der Waals surface area (Å²) in [6, 6.07) is 14.5. The van der Waals surface area contributed by atoms with Crippen LogP contribution in [-0.2, 0) is 22.3 Å². The number of benzene rings is 2. The molecule has 2 aliphatic rings. The Hall–Kier alpha value is -2.37. The second kappa shape index (κ2) is 8.17. The lowest BCUT2D eigenvalue weighted by atomic mass is 9.71. The molecular weight excluding hydrogens is 366 g/mol. The average molecular weight is 395 g/mol. The van der Waals surface area contributed by atoms with E-state index < -0.39 is 0 Å². The smallest absolute Gasteiger partial charge is 0.337 e. The summed E-state index contributed by atoms with van der Waals surface area (Å²) in [6.07, 6.45) is 4.23. The van der Waals surface area contributed by atoms with Crippen LogP contribution >= 0.6 is 0 Å². The molecule has 1 aliphatic heterocycles. The van der Waals surface area contributed by atoms with E-state index >= 15 is 0 Å². The van der Waals surface area contributed by atoms with Gasteiger partial charge in [-0.25, -0.2) is 4.79 Å². The highest BCUT2D eigenvalue weighted by atomic mass is 16.5. The van der Waals surface area contributed by atoms with Crippen molar-refractivity contribution in [1.82, 2.24) is 5.32 Å². The SMILES string of the molecule is COC(=O)c1ccc(CC2CC3(CCN2)Cc2ccc(OC)cc2C3OC)cc1. The molecule has 5 nitrogen and oxygen atoms in total. The van der Waals surface area contributed by atoms with Crippen LogP contribution in [0.25, 0.3) is 0 Å². The Bertz CT molecular complexity index is 879. The Morgan fingerprint density at radius 3 is 2.62 bits per heavy atom. The number of fused-ring (bicyclic) bond motifs is 1. The van der Waals surface area contributed by atoms with Gasteiger partial charge in [0.25, 0.3) is 0 Å². The highest BCUT2D eigenvalue weighted by Crippen LogP contribution is 2.54. The number of hydrogen-bond donors (Lipinski definition) is 1. The molecule has 1 N–H and O–H groups in total. The van der Waals surface area contributed by atoms with Crippen molar-refractivity contribution in [1.29, 1.82) is 0 Å². The first-order valence-corrected chi connectivity index (χ1v) is 10.2. The summed E-state index contributed by atoms with van der Waals surface area (Å²) in [5, 5.41) is 3.69. The molecule has 29 heavy (non-hydrogen) atoms. The van der Waals surface area contributed by atoms with Crippen molar-refractivity contribution in [3.05, 3.63) is 64.7 Å². The lowest BCUT2D eigenvalue weighted by molar-refractivity contribution is -0.0290. The molecule has 4 rings (SSSR count). The molecule has 3 atom stereocenters. The van der Waals surface area contributed by atoms with Crippen LogP contribution in [0.4, 0.5) is 0 Å². The number of methoxy groups -OCH3 is 3. The van der Waals surface area contributed by atoms with Crippen LogP contribution < -0.4 is 10.1 Å². The van der Waals surface area contributed by atoms with Gasteiger partial charge in [-0.1, -0.05) is 18.2 Å². The van der Waals surface area contributed by atoms with E-state index in [9.17, 15) is 4.79 Å². The standard InChI is InChI=1S/C24H29NO4/c1-27-20-9-8-18-14-24(22(28-2)21(18)13-20)10-11-25-19(15-24)12-16-4-6-17(7-5-16)23(26)29-3/h4-9,13,19,22,25H,10-12,14-15H2,1-3H3. The molecule has 5 heteroatoms. The summed E-state index contributed by atoms with van der Waals surface area (Å²) in [5.41, 5.74) is 4.57. The number of carbonyl (C=O) groups excluding carboxylic acids is 1. The van der Waals surface area contributed by atoms with Crippen molar-refractivity contribution in [3.63, 3.8) is 0 Å². The Morgan fingerprint density at radius 1 is 1.14 bits per heavy atom. The third kappa shape index (κ3) is 3.77. The molecule has 0 aromatic heterocycles. The number of hydrogen-bond acceptors (Lipinski definition) is 5. The van der Waals surface area contributed by atoms with Crippen molar-refractivity contribution < 1.29 is 19.0 Å². The Morgan fingerprint density at radius 2 is 1.93 bits per heavy atom. The van der Waals surface area contributed by atoms with Gasteiger partial charge in [0.1, 0.15) is 5.75 Å². The van der Waals surface area contributed by atoms with Gasteiger partial charge in [0, 0.05) is 18.6 Å². The third-order valence-corrected chi connectivity index (χ3v) is 6.54. The number of rotatable bonds is 5. The van der Waals surface area contributed by atoms with E-state index in [1.54, 1.807) is 7.11 Å². The Labute approximate surface area is 172 Å². The average Bonchev–Trinajstić information content (AvgIpc) is 3.04. The molecule has 1 aliphatic carbocycles. The molecular formula is C24H29NO4. The minimum Gasteiger partial charge on any atom is -0.497 e. The molecule has 0 radical (unpaired) electrons. The van der Waals surface area contributed by atoms with E-state index in [0.717, 1.165) is 38.0 Å². The molecule has 2 aromatic carbocycles. The van der Waals surface area contributed by atoms with Crippen LogP contribution in [-0.4, -0.2) is 39.9 Å². The molecule has 0 amide bonds. The molecule has 3 unspecified atom stereocenters. The highest BCUT2D eigenvalue weighted by molar-refractivity contribution is 5.89. The number of ether oxygens (including phenoxy) is 3. The Kier molecular flexibility index (Phi) is 5.61. The first kappa shape index (κ1) is 19.9. The second-order valence-corrected chi connectivity index (χ2v) is 8.22. The van der Waals surface area contributed by atoms with Crippen molar-refractivity contribution in [2.45, 2.75) is 37.8 Å². The summed E-state index contributed by atoms with van der Waals surface area (Å²) >= 11 is 0. The van der Waals surface area contributed by atoms with Gasteiger partial charge < -0.3 is 19.5 Å². The molecule has 2 aromatic rings. The van der Waals surface area contributed by atoms with Crippen LogP contribution in [0.1, 0.15) is 46.0 Å². The zero-order valence-corrected chi connectivity index (χ0v) is 17.4. The van der Waals surface area contributed by atoms with E-state index in [0.29, 0.717) is 11.6 Å². The van der Waals surface area contributed by atoms with Crippen LogP contribution in [0.15, 0.2) is 42.5 Å². The van der Waals surface area contributed by atoms with Gasteiger partial charge in [-0.2, -0.15) is 0 Å². The van der Waals surface area contributed by atoms with Crippen LogP contribution in [0.5, 0.6) is 5.75 Å². The van der Waals surface area contributed by atoms with Gasteiger partial charge in [0.05, 0.1) is 25.9 Å². The fourth-order valence-corrected chi connectivity index (χ4v) is 5.20. The Balaban J connectivity index is 1.51. The first-order valence-electron chi connectivity index (χ1n) is 10.2. The van der Waals surface area contributed by atoms with E-state index in [4.69, 9.17) is 14.2 Å². The third-order valence-electron chi connectivity index (χ3n) is 6.54. The van der Waals surface area contributed by atoms with E-state index in [2.05, 4.69) is 17.4 Å². The minimum absolute atomic E-state index is 0.0962. The van der Waals surface area contributed by atoms with Crippen LogP contribution in [0.2, 0.25) is 0 Å². The molecule has 0 bridgehead atoms. The molecule has 0 saturated carbocycles. The van der Waals surface area contributed by atoms with Gasteiger partial charge >= 0.3 is 5.97 Å². The quantitative estimate of drug-likeness (QED) is 0.783. The number of nitrogens with one attached hydrogen (secondary N) is 1. The van der Waals surface area contributed by atoms with Gasteiger partial charge in [-0.05, 0) is 73.2 Å². The lowest BCUT2D eigenvalue weighted by Crippen LogP contribution is -2.47. The monoisotopic (exact) mass is 395 g/mol. The number of piperidine rings is 1. The summed E-state index contributed by atoms with van der Waals surface area (Å²) < 4.78 is 16.3.